The van der Waals surface area contributed by atoms with E-state index in [1.807, 2.05) is 31.3 Å². The first-order valence-electron chi connectivity index (χ1n) is 7.69. The van der Waals surface area contributed by atoms with Gasteiger partial charge < -0.3 is 10.0 Å². The summed E-state index contributed by atoms with van der Waals surface area (Å²) < 4.78 is 0. The minimum Gasteiger partial charge on any atom is -0.481 e. The summed E-state index contributed by atoms with van der Waals surface area (Å²) in [6.45, 7) is 1.28. The molecule has 116 valence electrons. The number of aliphatic carboxylic acids is 1. The summed E-state index contributed by atoms with van der Waals surface area (Å²) in [6.07, 6.45) is 5.93. The fraction of sp³-hybridized carbons (Fsp3) is 0.588. The summed E-state index contributed by atoms with van der Waals surface area (Å²) in [5.74, 6) is -0.643. The number of hydrogen-bond donors (Lipinski definition) is 1. The van der Waals surface area contributed by atoms with Crippen LogP contribution >= 0.6 is 11.6 Å². The fourth-order valence-electron chi connectivity index (χ4n) is 3.33. The Morgan fingerprint density at radius 1 is 1.24 bits per heavy atom. The Morgan fingerprint density at radius 3 is 2.43 bits per heavy atom. The van der Waals surface area contributed by atoms with Crippen LogP contribution in [0.2, 0.25) is 5.02 Å². The van der Waals surface area contributed by atoms with E-state index in [-0.39, 0.29) is 0 Å². The zero-order valence-corrected chi connectivity index (χ0v) is 13.4. The topological polar surface area (TPSA) is 40.5 Å². The smallest absolute Gasteiger partial charge is 0.310 e. The molecular weight excluding hydrogens is 286 g/mol. The number of carboxylic acids is 1. The highest BCUT2D eigenvalue weighted by molar-refractivity contribution is 6.31. The van der Waals surface area contributed by atoms with E-state index in [0.29, 0.717) is 13.1 Å². The van der Waals surface area contributed by atoms with Crippen LogP contribution in [0.5, 0.6) is 0 Å². The van der Waals surface area contributed by atoms with Crippen molar-refractivity contribution in [1.82, 2.24) is 4.90 Å². The Kier molecular flexibility index (Phi) is 5.65. The molecule has 3 nitrogen and oxygen atoms in total. The van der Waals surface area contributed by atoms with Gasteiger partial charge >= 0.3 is 5.97 Å². The van der Waals surface area contributed by atoms with Crippen molar-refractivity contribution in [2.45, 2.75) is 45.1 Å². The molecule has 0 heterocycles. The lowest BCUT2D eigenvalue weighted by Crippen LogP contribution is -2.41. The van der Waals surface area contributed by atoms with Crippen molar-refractivity contribution in [3.05, 3.63) is 34.9 Å². The molecule has 0 amide bonds. The van der Waals surface area contributed by atoms with Gasteiger partial charge in [-0.3, -0.25) is 4.79 Å². The van der Waals surface area contributed by atoms with Crippen molar-refractivity contribution in [2.24, 2.45) is 5.41 Å². The Bertz CT molecular complexity index is 481. The van der Waals surface area contributed by atoms with Crippen molar-refractivity contribution in [3.8, 4) is 0 Å². The molecule has 1 aromatic carbocycles. The summed E-state index contributed by atoms with van der Waals surface area (Å²) in [5, 5.41) is 10.5. The van der Waals surface area contributed by atoms with Gasteiger partial charge in [-0.1, -0.05) is 55.5 Å². The van der Waals surface area contributed by atoms with Crippen molar-refractivity contribution in [1.29, 1.82) is 0 Å². The maximum Gasteiger partial charge on any atom is 0.310 e. The van der Waals surface area contributed by atoms with Crippen LogP contribution in [0.15, 0.2) is 24.3 Å². The van der Waals surface area contributed by atoms with E-state index in [2.05, 4.69) is 4.90 Å². The molecule has 4 heteroatoms. The number of hydrogen-bond acceptors (Lipinski definition) is 2. The highest BCUT2D eigenvalue weighted by atomic mass is 35.5. The van der Waals surface area contributed by atoms with Gasteiger partial charge in [0.05, 0.1) is 5.41 Å². The molecule has 21 heavy (non-hydrogen) atoms. The summed E-state index contributed by atoms with van der Waals surface area (Å²) >= 11 is 6.19. The number of carbonyl (C=O) groups is 1. The average Bonchev–Trinajstić information content (AvgIpc) is 2.68. The Balaban J connectivity index is 2.06. The molecule has 0 aromatic heterocycles. The van der Waals surface area contributed by atoms with Gasteiger partial charge in [-0.05, 0) is 31.5 Å². The van der Waals surface area contributed by atoms with Crippen molar-refractivity contribution >= 4 is 17.6 Å². The zero-order valence-electron chi connectivity index (χ0n) is 12.6. The first-order valence-corrected chi connectivity index (χ1v) is 8.07. The SMILES string of the molecule is CN(Cc1ccccc1Cl)CC1(C(=O)O)CCCCCC1. The molecule has 1 aliphatic rings. The number of rotatable bonds is 5. The van der Waals surface area contributed by atoms with E-state index in [9.17, 15) is 9.90 Å². The van der Waals surface area contributed by atoms with Gasteiger partial charge in [-0.15, -0.1) is 0 Å². The molecule has 1 aromatic rings. The monoisotopic (exact) mass is 309 g/mol. The average molecular weight is 310 g/mol. The first-order chi connectivity index (χ1) is 10.0. The van der Waals surface area contributed by atoms with Crippen LogP contribution in [0.4, 0.5) is 0 Å². The highest BCUT2D eigenvalue weighted by Crippen LogP contribution is 2.36. The maximum atomic E-state index is 11.8. The first kappa shape index (κ1) is 16.3. The van der Waals surface area contributed by atoms with Gasteiger partial charge in [0.2, 0.25) is 0 Å². The maximum absolute atomic E-state index is 11.8. The second-order valence-corrected chi connectivity index (χ2v) is 6.67. The molecule has 1 aliphatic carbocycles. The molecule has 1 N–H and O–H groups in total. The lowest BCUT2D eigenvalue weighted by Gasteiger charge is -2.32. The van der Waals surface area contributed by atoms with Crippen molar-refractivity contribution < 1.29 is 9.90 Å². The predicted octanol–water partition coefficient (Wildman–Crippen LogP) is 4.20. The number of benzene rings is 1. The van der Waals surface area contributed by atoms with Crippen LogP contribution in [0.3, 0.4) is 0 Å². The molecule has 0 spiro atoms. The Morgan fingerprint density at radius 2 is 1.86 bits per heavy atom. The highest BCUT2D eigenvalue weighted by Gasteiger charge is 2.39. The quantitative estimate of drug-likeness (QED) is 0.829. The van der Waals surface area contributed by atoms with E-state index in [0.717, 1.165) is 49.1 Å². The number of carboxylic acid groups (broad SMARTS) is 1. The molecular formula is C17H24ClNO2. The third kappa shape index (κ3) is 4.21. The van der Waals surface area contributed by atoms with E-state index in [4.69, 9.17) is 11.6 Å². The van der Waals surface area contributed by atoms with Crippen LogP contribution in [0, 0.1) is 5.41 Å². The fourth-order valence-corrected chi connectivity index (χ4v) is 3.53. The zero-order chi connectivity index (χ0) is 15.3. The second kappa shape index (κ2) is 7.28. The van der Waals surface area contributed by atoms with Gasteiger partial charge in [0.15, 0.2) is 0 Å². The van der Waals surface area contributed by atoms with E-state index < -0.39 is 11.4 Å². The standard InChI is InChI=1S/C17H24ClNO2/c1-19(12-14-8-4-5-9-15(14)18)13-17(16(20)21)10-6-2-3-7-11-17/h4-5,8-9H,2-3,6-7,10-13H2,1H3,(H,20,21). The lowest BCUT2D eigenvalue weighted by molar-refractivity contribution is -0.151. The number of halogens is 1. The van der Waals surface area contributed by atoms with Crippen molar-refractivity contribution in [3.63, 3.8) is 0 Å². The Hall–Kier alpha value is -1.06. The second-order valence-electron chi connectivity index (χ2n) is 6.26. The van der Waals surface area contributed by atoms with Gasteiger partial charge in [-0.2, -0.15) is 0 Å². The predicted molar refractivity (Wildman–Crippen MR) is 85.6 cm³/mol. The molecule has 0 unspecified atom stereocenters. The van der Waals surface area contributed by atoms with Gasteiger partial charge in [0.1, 0.15) is 0 Å². The lowest BCUT2D eigenvalue weighted by atomic mass is 9.80. The third-order valence-corrected chi connectivity index (χ3v) is 4.85. The van der Waals surface area contributed by atoms with Crippen LogP contribution in [-0.4, -0.2) is 29.6 Å². The molecule has 2 rings (SSSR count). The van der Waals surface area contributed by atoms with Crippen molar-refractivity contribution in [2.75, 3.05) is 13.6 Å². The summed E-state index contributed by atoms with van der Waals surface area (Å²) in [4.78, 5) is 13.9. The molecule has 0 aliphatic heterocycles. The van der Waals surface area contributed by atoms with E-state index in [1.54, 1.807) is 0 Å². The molecule has 0 radical (unpaired) electrons. The minimum absolute atomic E-state index is 0.591. The normalized spacial score (nSPS) is 18.4. The van der Waals surface area contributed by atoms with E-state index in [1.165, 1.54) is 0 Å². The Labute approximate surface area is 131 Å². The summed E-state index contributed by atoms with van der Waals surface area (Å²) in [7, 11) is 1.99. The van der Waals surface area contributed by atoms with Gasteiger partial charge in [0, 0.05) is 18.1 Å². The largest absolute Gasteiger partial charge is 0.481 e. The van der Waals surface area contributed by atoms with Crippen LogP contribution in [-0.2, 0) is 11.3 Å². The van der Waals surface area contributed by atoms with Gasteiger partial charge in [-0.25, -0.2) is 0 Å². The third-order valence-electron chi connectivity index (χ3n) is 4.49. The number of nitrogens with zero attached hydrogens (tertiary/aromatic N) is 1. The van der Waals surface area contributed by atoms with Gasteiger partial charge in [0.25, 0.3) is 0 Å². The molecule has 0 bridgehead atoms. The molecule has 0 saturated heterocycles. The van der Waals surface area contributed by atoms with E-state index >= 15 is 0 Å². The van der Waals surface area contributed by atoms with Crippen LogP contribution in [0.1, 0.15) is 44.1 Å². The van der Waals surface area contributed by atoms with Crippen LogP contribution in [0.25, 0.3) is 0 Å². The summed E-state index contributed by atoms with van der Waals surface area (Å²) in [5.41, 5.74) is 0.461. The minimum atomic E-state index is -0.643. The molecule has 1 fully saturated rings. The summed E-state index contributed by atoms with van der Waals surface area (Å²) in [6, 6.07) is 7.76. The molecule has 0 atom stereocenters. The van der Waals surface area contributed by atoms with Crippen LogP contribution < -0.4 is 0 Å². The molecule has 1 saturated carbocycles.